The predicted molar refractivity (Wildman–Crippen MR) is 113 cm³/mol. The number of carbonyl (C=O) groups is 1. The van der Waals surface area contributed by atoms with E-state index in [4.69, 9.17) is 9.47 Å². The minimum atomic E-state index is -0.395. The average Bonchev–Trinajstić information content (AvgIpc) is 3.13. The van der Waals surface area contributed by atoms with Crippen LogP contribution in [-0.2, 0) is 4.79 Å². The molecule has 4 rings (SSSR count). The summed E-state index contributed by atoms with van der Waals surface area (Å²) in [7, 11) is 1.62. The van der Waals surface area contributed by atoms with Crippen molar-refractivity contribution in [2.75, 3.05) is 19.0 Å². The van der Waals surface area contributed by atoms with Gasteiger partial charge in [-0.1, -0.05) is 38.9 Å². The zero-order valence-electron chi connectivity index (χ0n) is 18.2. The van der Waals surface area contributed by atoms with E-state index in [1.54, 1.807) is 11.8 Å². The Hall–Kier alpha value is -2.90. The molecule has 0 radical (unpaired) electrons. The third-order valence-electron chi connectivity index (χ3n) is 5.65. The number of methoxy groups -OCH3 is 1. The van der Waals surface area contributed by atoms with Crippen LogP contribution >= 0.6 is 0 Å². The molecule has 0 saturated carbocycles. The van der Waals surface area contributed by atoms with Crippen LogP contribution in [0.1, 0.15) is 58.6 Å². The van der Waals surface area contributed by atoms with Gasteiger partial charge in [0.25, 0.3) is 0 Å². The maximum absolute atomic E-state index is 13.2. The Labute approximate surface area is 176 Å². The highest BCUT2D eigenvalue weighted by Crippen LogP contribution is 2.46. The molecule has 1 aliphatic carbocycles. The van der Waals surface area contributed by atoms with Gasteiger partial charge in [0, 0.05) is 17.7 Å². The standard InChI is InChI=1S/C22H29N5O3/c1-13(2)8-9-30-17-7-6-14(10-18(17)29-5)20-19-15(11-22(3,4)12-16(19)28)23-21-24-25-26-27(20)21/h6-7,10,13,20H,8-9,11-12H2,1-5H3,(H,23,24,26). The van der Waals surface area contributed by atoms with E-state index in [2.05, 4.69) is 48.5 Å². The largest absolute Gasteiger partial charge is 0.493 e. The Balaban J connectivity index is 1.73. The minimum absolute atomic E-state index is 0.102. The Morgan fingerprint density at radius 3 is 2.80 bits per heavy atom. The van der Waals surface area contributed by atoms with Gasteiger partial charge in [0.1, 0.15) is 6.04 Å². The van der Waals surface area contributed by atoms with Crippen molar-refractivity contribution in [1.29, 1.82) is 0 Å². The second-order valence-electron chi connectivity index (χ2n) is 9.25. The summed E-state index contributed by atoms with van der Waals surface area (Å²) in [4.78, 5) is 13.2. The first-order valence-electron chi connectivity index (χ1n) is 10.4. The lowest BCUT2D eigenvalue weighted by Gasteiger charge is -2.37. The molecule has 0 amide bonds. The number of rotatable bonds is 6. The third kappa shape index (κ3) is 3.78. The molecular formula is C22H29N5O3. The van der Waals surface area contributed by atoms with Crippen molar-refractivity contribution in [2.45, 2.75) is 53.0 Å². The van der Waals surface area contributed by atoms with Gasteiger partial charge in [-0.2, -0.15) is 4.68 Å². The number of allylic oxidation sites excluding steroid dienone is 2. The number of ether oxygens (including phenoxy) is 2. The van der Waals surface area contributed by atoms with Gasteiger partial charge >= 0.3 is 0 Å². The molecule has 2 aliphatic rings. The van der Waals surface area contributed by atoms with E-state index >= 15 is 0 Å². The van der Waals surface area contributed by atoms with Gasteiger partial charge in [-0.15, -0.1) is 0 Å². The van der Waals surface area contributed by atoms with Gasteiger partial charge in [0.15, 0.2) is 17.3 Å². The van der Waals surface area contributed by atoms with Crippen LogP contribution in [0.2, 0.25) is 0 Å². The third-order valence-corrected chi connectivity index (χ3v) is 5.65. The number of fused-ring (bicyclic) bond motifs is 1. The predicted octanol–water partition coefficient (Wildman–Crippen LogP) is 3.76. The normalized spacial score (nSPS) is 19.9. The van der Waals surface area contributed by atoms with Crippen molar-refractivity contribution >= 4 is 11.7 Å². The molecule has 1 aliphatic heterocycles. The van der Waals surface area contributed by atoms with Gasteiger partial charge in [0.05, 0.1) is 13.7 Å². The lowest BCUT2D eigenvalue weighted by Crippen LogP contribution is -2.36. The molecule has 0 spiro atoms. The number of aromatic nitrogens is 4. The van der Waals surface area contributed by atoms with Crippen molar-refractivity contribution in [1.82, 2.24) is 20.2 Å². The fourth-order valence-electron chi connectivity index (χ4n) is 4.16. The first-order chi connectivity index (χ1) is 14.3. The van der Waals surface area contributed by atoms with Crippen LogP contribution in [0.25, 0.3) is 0 Å². The molecule has 0 fully saturated rings. The summed E-state index contributed by atoms with van der Waals surface area (Å²) in [6.45, 7) is 9.17. The molecule has 1 atom stereocenters. The van der Waals surface area contributed by atoms with E-state index in [9.17, 15) is 4.79 Å². The molecule has 1 N–H and O–H groups in total. The van der Waals surface area contributed by atoms with Crippen LogP contribution in [0, 0.1) is 11.3 Å². The number of tetrazole rings is 1. The molecule has 160 valence electrons. The Morgan fingerprint density at radius 1 is 1.27 bits per heavy atom. The number of benzene rings is 1. The molecule has 8 nitrogen and oxygen atoms in total. The van der Waals surface area contributed by atoms with Crippen LogP contribution in [0.3, 0.4) is 0 Å². The highest BCUT2D eigenvalue weighted by molar-refractivity contribution is 6.00. The molecule has 2 aromatic rings. The summed E-state index contributed by atoms with van der Waals surface area (Å²) >= 11 is 0. The number of nitrogens with zero attached hydrogens (tertiary/aromatic N) is 4. The second kappa shape index (κ2) is 7.74. The molecule has 8 heteroatoms. The van der Waals surface area contributed by atoms with Gasteiger partial charge in [-0.3, -0.25) is 4.79 Å². The highest BCUT2D eigenvalue weighted by Gasteiger charge is 2.42. The summed E-state index contributed by atoms with van der Waals surface area (Å²) in [5.41, 5.74) is 2.41. The van der Waals surface area contributed by atoms with Crippen molar-refractivity contribution in [2.24, 2.45) is 11.3 Å². The highest BCUT2D eigenvalue weighted by atomic mass is 16.5. The van der Waals surface area contributed by atoms with E-state index in [0.717, 1.165) is 29.7 Å². The van der Waals surface area contributed by atoms with Crippen LogP contribution < -0.4 is 14.8 Å². The average molecular weight is 412 g/mol. The van der Waals surface area contributed by atoms with Crippen molar-refractivity contribution in [3.8, 4) is 11.5 Å². The molecule has 30 heavy (non-hydrogen) atoms. The molecule has 1 aromatic carbocycles. The maximum atomic E-state index is 13.2. The summed E-state index contributed by atoms with van der Waals surface area (Å²) < 4.78 is 13.2. The molecule has 0 saturated heterocycles. The van der Waals surface area contributed by atoms with E-state index in [1.165, 1.54) is 0 Å². The molecule has 0 bridgehead atoms. The monoisotopic (exact) mass is 411 g/mol. The first-order valence-corrected chi connectivity index (χ1v) is 10.4. The zero-order chi connectivity index (χ0) is 21.5. The van der Waals surface area contributed by atoms with E-state index in [1.807, 2.05) is 18.2 Å². The molecule has 1 aromatic heterocycles. The van der Waals surface area contributed by atoms with E-state index in [0.29, 0.717) is 36.4 Å². The SMILES string of the molecule is COc1cc(C2C3=C(CC(C)(C)CC3=O)Nc3nnnn32)ccc1OCCC(C)C. The van der Waals surface area contributed by atoms with Crippen LogP contribution in [0.4, 0.5) is 5.95 Å². The first kappa shape index (κ1) is 20.4. The maximum Gasteiger partial charge on any atom is 0.248 e. The lowest BCUT2D eigenvalue weighted by molar-refractivity contribution is -0.118. The Bertz CT molecular complexity index is 992. The number of Topliss-reactive ketones (excluding diaryl/α,β-unsaturated/α-hetero) is 1. The number of nitrogens with one attached hydrogen (secondary N) is 1. The zero-order valence-corrected chi connectivity index (χ0v) is 18.2. The minimum Gasteiger partial charge on any atom is -0.493 e. The van der Waals surface area contributed by atoms with Gasteiger partial charge in [0.2, 0.25) is 5.95 Å². The van der Waals surface area contributed by atoms with Crippen molar-refractivity contribution < 1.29 is 14.3 Å². The number of carbonyl (C=O) groups excluding carboxylic acids is 1. The fraction of sp³-hybridized carbons (Fsp3) is 0.545. The Kier molecular flexibility index (Phi) is 5.26. The van der Waals surface area contributed by atoms with Crippen molar-refractivity contribution in [3.05, 3.63) is 35.0 Å². The van der Waals surface area contributed by atoms with Gasteiger partial charge < -0.3 is 14.8 Å². The number of anilines is 1. The van der Waals surface area contributed by atoms with Gasteiger partial charge in [-0.25, -0.2) is 0 Å². The second-order valence-corrected chi connectivity index (χ2v) is 9.25. The van der Waals surface area contributed by atoms with Crippen LogP contribution in [0.5, 0.6) is 11.5 Å². The van der Waals surface area contributed by atoms with Crippen molar-refractivity contribution in [3.63, 3.8) is 0 Å². The molecule has 1 unspecified atom stereocenters. The van der Waals surface area contributed by atoms with Gasteiger partial charge in [-0.05, 0) is 52.3 Å². The number of hydrogen-bond acceptors (Lipinski definition) is 7. The topological polar surface area (TPSA) is 91.2 Å². The summed E-state index contributed by atoms with van der Waals surface area (Å²) in [5, 5.41) is 15.4. The quantitative estimate of drug-likeness (QED) is 0.774. The summed E-state index contributed by atoms with van der Waals surface area (Å²) in [5.74, 6) is 2.56. The lowest BCUT2D eigenvalue weighted by atomic mass is 9.73. The molecule has 2 heterocycles. The van der Waals surface area contributed by atoms with Crippen LogP contribution in [-0.4, -0.2) is 39.7 Å². The van der Waals surface area contributed by atoms with E-state index in [-0.39, 0.29) is 11.2 Å². The van der Waals surface area contributed by atoms with Crippen LogP contribution in [0.15, 0.2) is 29.5 Å². The van der Waals surface area contributed by atoms with E-state index < -0.39 is 6.04 Å². The fourth-order valence-corrected chi connectivity index (χ4v) is 4.16. The Morgan fingerprint density at radius 2 is 2.07 bits per heavy atom. The summed E-state index contributed by atoms with van der Waals surface area (Å²) in [6, 6.07) is 5.39. The summed E-state index contributed by atoms with van der Waals surface area (Å²) in [6.07, 6.45) is 2.23. The number of hydrogen-bond donors (Lipinski definition) is 1. The smallest absolute Gasteiger partial charge is 0.248 e. The number of ketones is 1. The molecular weight excluding hydrogens is 382 g/mol.